The summed E-state index contributed by atoms with van der Waals surface area (Å²) in [5.41, 5.74) is 0.242. The summed E-state index contributed by atoms with van der Waals surface area (Å²) in [5.74, 6) is -1.01. The average molecular weight is 267 g/mol. The number of aryl methyl sites for hydroxylation is 1. The van der Waals surface area contributed by atoms with Crippen LogP contribution in [0.25, 0.3) is 0 Å². The van der Waals surface area contributed by atoms with Gasteiger partial charge in [-0.05, 0) is 12.0 Å². The van der Waals surface area contributed by atoms with E-state index >= 15 is 0 Å². The first-order chi connectivity index (χ1) is 9.08. The van der Waals surface area contributed by atoms with E-state index in [1.54, 1.807) is 0 Å². The standard InChI is InChI=1S/C13H14FNO4/c1-2-3-8-6-11(17)19-9-7-10(16)15(5-4-14)13(18)12(8)9/h6H,2-5,7H2,1H3. The molecular formula is C13H14FNO4. The lowest BCUT2D eigenvalue weighted by Gasteiger charge is -2.26. The van der Waals surface area contributed by atoms with Crippen LogP contribution >= 0.6 is 0 Å². The topological polar surface area (TPSA) is 67.6 Å². The predicted molar refractivity (Wildman–Crippen MR) is 64.7 cm³/mol. The van der Waals surface area contributed by atoms with Crippen LogP contribution in [-0.4, -0.2) is 29.9 Å². The van der Waals surface area contributed by atoms with E-state index in [2.05, 4.69) is 0 Å². The third-order valence-corrected chi connectivity index (χ3v) is 3.02. The van der Waals surface area contributed by atoms with E-state index in [1.165, 1.54) is 6.07 Å². The van der Waals surface area contributed by atoms with Crippen molar-refractivity contribution in [1.29, 1.82) is 0 Å². The zero-order chi connectivity index (χ0) is 14.0. The Morgan fingerprint density at radius 2 is 2.11 bits per heavy atom. The Labute approximate surface area is 109 Å². The highest BCUT2D eigenvalue weighted by atomic mass is 19.1. The van der Waals surface area contributed by atoms with Crippen molar-refractivity contribution in [3.63, 3.8) is 0 Å². The highest BCUT2D eigenvalue weighted by molar-refractivity contribution is 6.09. The Morgan fingerprint density at radius 3 is 2.74 bits per heavy atom. The average Bonchev–Trinajstić information content (AvgIpc) is 2.34. The monoisotopic (exact) mass is 267 g/mol. The van der Waals surface area contributed by atoms with Crippen LogP contribution in [0.2, 0.25) is 0 Å². The van der Waals surface area contributed by atoms with Gasteiger partial charge >= 0.3 is 5.63 Å². The molecule has 2 heterocycles. The van der Waals surface area contributed by atoms with Crippen molar-refractivity contribution in [1.82, 2.24) is 4.90 Å². The molecule has 2 rings (SSSR count). The summed E-state index contributed by atoms with van der Waals surface area (Å²) in [6.07, 6.45) is 1.12. The Hall–Kier alpha value is -1.98. The van der Waals surface area contributed by atoms with Crippen molar-refractivity contribution in [2.24, 2.45) is 0 Å². The molecule has 1 aliphatic heterocycles. The van der Waals surface area contributed by atoms with Crippen LogP contribution in [0, 0.1) is 0 Å². The number of hydrogen-bond donors (Lipinski definition) is 0. The first-order valence-corrected chi connectivity index (χ1v) is 6.15. The third kappa shape index (κ3) is 2.43. The highest BCUT2D eigenvalue weighted by Gasteiger charge is 2.34. The van der Waals surface area contributed by atoms with Gasteiger partial charge in [-0.25, -0.2) is 9.18 Å². The fourth-order valence-corrected chi connectivity index (χ4v) is 2.23. The molecule has 1 aliphatic rings. The number of hydrogen-bond acceptors (Lipinski definition) is 4. The van der Waals surface area contributed by atoms with Gasteiger partial charge in [0.05, 0.1) is 18.5 Å². The van der Waals surface area contributed by atoms with E-state index in [0.717, 1.165) is 11.3 Å². The van der Waals surface area contributed by atoms with Crippen LogP contribution in [0.3, 0.4) is 0 Å². The van der Waals surface area contributed by atoms with Gasteiger partial charge in [-0.1, -0.05) is 13.3 Å². The van der Waals surface area contributed by atoms with Crippen molar-refractivity contribution in [3.05, 3.63) is 33.4 Å². The second-order valence-corrected chi connectivity index (χ2v) is 4.36. The smallest absolute Gasteiger partial charge is 0.336 e. The maximum Gasteiger partial charge on any atom is 0.336 e. The van der Waals surface area contributed by atoms with Gasteiger partial charge in [-0.15, -0.1) is 0 Å². The molecule has 0 atom stereocenters. The first kappa shape index (κ1) is 13.5. The van der Waals surface area contributed by atoms with Gasteiger partial charge in [-0.2, -0.15) is 0 Å². The van der Waals surface area contributed by atoms with Crippen LogP contribution in [0.5, 0.6) is 0 Å². The van der Waals surface area contributed by atoms with E-state index in [9.17, 15) is 18.8 Å². The van der Waals surface area contributed by atoms with Crippen molar-refractivity contribution in [2.75, 3.05) is 13.2 Å². The number of halogens is 1. The van der Waals surface area contributed by atoms with Crippen molar-refractivity contribution in [3.8, 4) is 0 Å². The fraction of sp³-hybridized carbons (Fsp3) is 0.462. The molecule has 0 spiro atoms. The quantitative estimate of drug-likeness (QED) is 0.766. The molecule has 102 valence electrons. The fourth-order valence-electron chi connectivity index (χ4n) is 2.23. The summed E-state index contributed by atoms with van der Waals surface area (Å²) >= 11 is 0. The van der Waals surface area contributed by atoms with Crippen LogP contribution in [0.15, 0.2) is 15.3 Å². The van der Waals surface area contributed by atoms with Gasteiger partial charge < -0.3 is 4.42 Å². The minimum absolute atomic E-state index is 0.0982. The normalized spacial score (nSPS) is 14.7. The molecule has 0 unspecified atom stereocenters. The van der Waals surface area contributed by atoms with Gasteiger partial charge in [0.15, 0.2) is 0 Å². The van der Waals surface area contributed by atoms with Crippen LogP contribution in [0.4, 0.5) is 4.39 Å². The minimum Gasteiger partial charge on any atom is -0.426 e. The lowest BCUT2D eigenvalue weighted by molar-refractivity contribution is -0.128. The van der Waals surface area contributed by atoms with Crippen molar-refractivity contribution >= 4 is 11.8 Å². The minimum atomic E-state index is -0.785. The third-order valence-electron chi connectivity index (χ3n) is 3.02. The van der Waals surface area contributed by atoms with Gasteiger partial charge in [0.25, 0.3) is 5.91 Å². The van der Waals surface area contributed by atoms with Gasteiger partial charge in [0.1, 0.15) is 12.4 Å². The number of carbonyl (C=O) groups is 2. The van der Waals surface area contributed by atoms with Crippen LogP contribution < -0.4 is 5.63 Å². The number of imide groups is 1. The maximum absolute atomic E-state index is 12.4. The molecule has 1 aromatic rings. The molecule has 1 aromatic heterocycles. The molecule has 0 aromatic carbocycles. The number of fused-ring (bicyclic) bond motifs is 1. The number of amides is 2. The van der Waals surface area contributed by atoms with E-state index < -0.39 is 24.1 Å². The molecule has 19 heavy (non-hydrogen) atoms. The molecule has 0 N–H and O–H groups in total. The number of carbonyl (C=O) groups excluding carboxylic acids is 2. The molecule has 0 radical (unpaired) electrons. The summed E-state index contributed by atoms with van der Waals surface area (Å²) in [6.45, 7) is 0.868. The highest BCUT2D eigenvalue weighted by Crippen LogP contribution is 2.23. The lowest BCUT2D eigenvalue weighted by Crippen LogP contribution is -2.44. The zero-order valence-electron chi connectivity index (χ0n) is 10.6. The Bertz CT molecular complexity index is 578. The second kappa shape index (κ2) is 5.34. The summed E-state index contributed by atoms with van der Waals surface area (Å²) < 4.78 is 17.3. The van der Waals surface area contributed by atoms with Crippen LogP contribution in [0.1, 0.15) is 35.0 Å². The molecule has 5 nitrogen and oxygen atoms in total. The summed E-state index contributed by atoms with van der Waals surface area (Å²) in [7, 11) is 0. The Balaban J connectivity index is 2.53. The van der Waals surface area contributed by atoms with Gasteiger partial charge in [0.2, 0.25) is 5.91 Å². The number of alkyl halides is 1. The molecule has 6 heteroatoms. The lowest BCUT2D eigenvalue weighted by atomic mass is 9.97. The zero-order valence-corrected chi connectivity index (χ0v) is 10.6. The molecular weight excluding hydrogens is 253 g/mol. The summed E-state index contributed by atoms with van der Waals surface area (Å²) in [6, 6.07) is 1.27. The Kier molecular flexibility index (Phi) is 3.78. The second-order valence-electron chi connectivity index (χ2n) is 4.36. The largest absolute Gasteiger partial charge is 0.426 e. The summed E-state index contributed by atoms with van der Waals surface area (Å²) in [5, 5.41) is 0. The molecule has 0 fully saturated rings. The number of rotatable bonds is 4. The van der Waals surface area contributed by atoms with E-state index in [-0.39, 0.29) is 24.3 Å². The van der Waals surface area contributed by atoms with Gasteiger partial charge in [0, 0.05) is 6.07 Å². The molecule has 0 aliphatic carbocycles. The number of nitrogens with zero attached hydrogens (tertiary/aromatic N) is 1. The van der Waals surface area contributed by atoms with Crippen molar-refractivity contribution < 1.29 is 18.4 Å². The SMILES string of the molecule is CCCc1cc(=O)oc2c1C(=O)N(CCF)C(=O)C2. The first-order valence-electron chi connectivity index (χ1n) is 6.15. The molecule has 2 amide bonds. The van der Waals surface area contributed by atoms with Crippen LogP contribution in [-0.2, 0) is 17.6 Å². The van der Waals surface area contributed by atoms with E-state index in [1.807, 2.05) is 6.92 Å². The predicted octanol–water partition coefficient (Wildman–Crippen LogP) is 1.09. The van der Waals surface area contributed by atoms with Crippen molar-refractivity contribution in [2.45, 2.75) is 26.2 Å². The molecule has 0 saturated carbocycles. The van der Waals surface area contributed by atoms with Gasteiger partial charge in [-0.3, -0.25) is 14.5 Å². The maximum atomic E-state index is 12.4. The van der Waals surface area contributed by atoms with E-state index in [0.29, 0.717) is 12.0 Å². The Morgan fingerprint density at radius 1 is 1.37 bits per heavy atom. The van der Waals surface area contributed by atoms with E-state index in [4.69, 9.17) is 4.42 Å². The molecule has 0 saturated heterocycles. The molecule has 0 bridgehead atoms. The summed E-state index contributed by atoms with van der Waals surface area (Å²) in [4.78, 5) is 36.2.